The summed E-state index contributed by atoms with van der Waals surface area (Å²) in [5.41, 5.74) is 1.09. The lowest BCUT2D eigenvalue weighted by molar-refractivity contribution is -0.0760. The zero-order valence-electron chi connectivity index (χ0n) is 15.8. The summed E-state index contributed by atoms with van der Waals surface area (Å²) in [6.07, 6.45) is 0.807. The van der Waals surface area contributed by atoms with Crippen LogP contribution in [0.15, 0.2) is 33.5 Å². The Kier molecular flexibility index (Phi) is 4.21. The van der Waals surface area contributed by atoms with Crippen LogP contribution in [0.2, 0.25) is 0 Å². The van der Waals surface area contributed by atoms with Gasteiger partial charge in [-0.3, -0.25) is 4.57 Å². The van der Waals surface area contributed by atoms with Gasteiger partial charge in [0.1, 0.15) is 17.7 Å². The topological polar surface area (TPSA) is 87.6 Å². The largest absolute Gasteiger partial charge is 0.423 e. The van der Waals surface area contributed by atoms with Gasteiger partial charge in [0, 0.05) is 13.2 Å². The molecule has 1 saturated heterocycles. The molecule has 28 heavy (non-hydrogen) atoms. The molecule has 148 valence electrons. The third-order valence-corrected chi connectivity index (χ3v) is 5.47. The molecule has 0 N–H and O–H groups in total. The molecule has 2 aliphatic heterocycles. The zero-order valence-corrected chi connectivity index (χ0v) is 15.8. The SMILES string of the molecule is CCOCCn1nc2n(c1=O)CC1(CCN(c3nc4ccccc4o3)C1)OC2. The third kappa shape index (κ3) is 2.91. The Morgan fingerprint density at radius 2 is 2.18 bits per heavy atom. The van der Waals surface area contributed by atoms with Crippen molar-refractivity contribution < 1.29 is 13.9 Å². The number of oxazole rings is 1. The number of anilines is 1. The van der Waals surface area contributed by atoms with Crippen LogP contribution in [0.4, 0.5) is 6.01 Å². The molecule has 0 amide bonds. The van der Waals surface area contributed by atoms with Gasteiger partial charge in [0.2, 0.25) is 0 Å². The molecule has 0 saturated carbocycles. The lowest BCUT2D eigenvalue weighted by Gasteiger charge is -2.33. The molecule has 3 aromatic rings. The minimum atomic E-state index is -0.425. The summed E-state index contributed by atoms with van der Waals surface area (Å²) in [4.78, 5) is 19.4. The smallest absolute Gasteiger partial charge is 0.346 e. The molecule has 1 spiro atoms. The van der Waals surface area contributed by atoms with E-state index in [-0.39, 0.29) is 5.69 Å². The van der Waals surface area contributed by atoms with Gasteiger partial charge in [-0.1, -0.05) is 12.1 Å². The molecule has 1 unspecified atom stereocenters. The van der Waals surface area contributed by atoms with Gasteiger partial charge in [0.25, 0.3) is 6.01 Å². The monoisotopic (exact) mass is 385 g/mol. The first-order valence-corrected chi connectivity index (χ1v) is 9.66. The molecule has 9 nitrogen and oxygen atoms in total. The van der Waals surface area contributed by atoms with Crippen LogP contribution in [0.25, 0.3) is 11.1 Å². The normalized spacial score (nSPS) is 21.7. The van der Waals surface area contributed by atoms with Gasteiger partial charge < -0.3 is 18.8 Å². The Morgan fingerprint density at radius 1 is 1.29 bits per heavy atom. The van der Waals surface area contributed by atoms with Crippen LogP contribution in [-0.4, -0.2) is 51.2 Å². The first kappa shape index (κ1) is 17.4. The van der Waals surface area contributed by atoms with E-state index in [0.717, 1.165) is 24.1 Å². The van der Waals surface area contributed by atoms with Gasteiger partial charge in [0.05, 0.1) is 26.2 Å². The molecule has 9 heteroatoms. The fourth-order valence-corrected chi connectivity index (χ4v) is 3.99. The first-order chi connectivity index (χ1) is 13.7. The summed E-state index contributed by atoms with van der Waals surface area (Å²) < 4.78 is 20.6. The highest BCUT2D eigenvalue weighted by Crippen LogP contribution is 2.34. The number of benzene rings is 1. The van der Waals surface area contributed by atoms with Crippen LogP contribution in [0.3, 0.4) is 0 Å². The predicted octanol–water partition coefficient (Wildman–Crippen LogP) is 1.40. The highest BCUT2D eigenvalue weighted by atomic mass is 16.5. The van der Waals surface area contributed by atoms with Crippen molar-refractivity contribution in [3.05, 3.63) is 40.6 Å². The molecule has 0 aliphatic carbocycles. The van der Waals surface area contributed by atoms with Crippen molar-refractivity contribution in [2.45, 2.75) is 38.6 Å². The Balaban J connectivity index is 1.35. The average molecular weight is 385 g/mol. The second kappa shape index (κ2) is 6.75. The molecule has 1 aromatic carbocycles. The van der Waals surface area contributed by atoms with Gasteiger partial charge in [-0.25, -0.2) is 9.48 Å². The quantitative estimate of drug-likeness (QED) is 0.614. The Morgan fingerprint density at radius 3 is 3.04 bits per heavy atom. The number of hydrogen-bond donors (Lipinski definition) is 0. The van der Waals surface area contributed by atoms with E-state index >= 15 is 0 Å². The molecule has 1 atom stereocenters. The number of rotatable bonds is 5. The van der Waals surface area contributed by atoms with Gasteiger partial charge in [0.15, 0.2) is 11.4 Å². The molecule has 2 aromatic heterocycles. The van der Waals surface area contributed by atoms with Crippen LogP contribution >= 0.6 is 0 Å². The number of ether oxygens (including phenoxy) is 2. The third-order valence-electron chi connectivity index (χ3n) is 5.47. The number of hydrogen-bond acceptors (Lipinski definition) is 7. The van der Waals surface area contributed by atoms with E-state index in [1.807, 2.05) is 31.2 Å². The Bertz CT molecular complexity index is 1020. The Labute approximate surface area is 161 Å². The van der Waals surface area contributed by atoms with Crippen LogP contribution in [0, 0.1) is 0 Å². The van der Waals surface area contributed by atoms with Gasteiger partial charge in [-0.05, 0) is 25.5 Å². The second-order valence-electron chi connectivity index (χ2n) is 7.31. The fourth-order valence-electron chi connectivity index (χ4n) is 3.99. The summed E-state index contributed by atoms with van der Waals surface area (Å²) in [5, 5.41) is 4.40. The van der Waals surface area contributed by atoms with Crippen molar-refractivity contribution in [2.75, 3.05) is 31.2 Å². The van der Waals surface area contributed by atoms with Crippen LogP contribution in [0.1, 0.15) is 19.2 Å². The summed E-state index contributed by atoms with van der Waals surface area (Å²) in [6, 6.07) is 8.34. The van der Waals surface area contributed by atoms with E-state index in [0.29, 0.717) is 51.3 Å². The first-order valence-electron chi connectivity index (χ1n) is 9.66. The lowest BCUT2D eigenvalue weighted by atomic mass is 10.0. The Hall–Kier alpha value is -2.65. The maximum atomic E-state index is 12.7. The van der Waals surface area contributed by atoms with Crippen molar-refractivity contribution in [2.24, 2.45) is 0 Å². The molecule has 0 radical (unpaired) electrons. The number of fused-ring (bicyclic) bond motifs is 2. The van der Waals surface area contributed by atoms with E-state index in [9.17, 15) is 4.79 Å². The van der Waals surface area contributed by atoms with E-state index < -0.39 is 5.60 Å². The van der Waals surface area contributed by atoms with Crippen molar-refractivity contribution in [3.63, 3.8) is 0 Å². The van der Waals surface area contributed by atoms with Crippen LogP contribution in [-0.2, 0) is 29.2 Å². The zero-order chi connectivity index (χ0) is 19.1. The summed E-state index contributed by atoms with van der Waals surface area (Å²) in [6.45, 7) is 5.72. The minimum Gasteiger partial charge on any atom is -0.423 e. The predicted molar refractivity (Wildman–Crippen MR) is 101 cm³/mol. The van der Waals surface area contributed by atoms with Crippen molar-refractivity contribution >= 4 is 17.1 Å². The van der Waals surface area contributed by atoms with Gasteiger partial charge in [-0.2, -0.15) is 10.1 Å². The number of nitrogens with zero attached hydrogens (tertiary/aromatic N) is 5. The summed E-state index contributed by atoms with van der Waals surface area (Å²) in [5.74, 6) is 0.674. The number of para-hydroxylation sites is 2. The van der Waals surface area contributed by atoms with Gasteiger partial charge >= 0.3 is 5.69 Å². The molecular formula is C19H23N5O4. The standard InChI is InChI=1S/C19H23N5O4/c1-2-26-10-9-24-18(25)23-13-19(27-11-16(23)21-24)7-8-22(12-19)17-20-14-5-3-4-6-15(14)28-17/h3-6H,2,7-13H2,1H3. The van der Waals surface area contributed by atoms with Crippen molar-refractivity contribution in [1.29, 1.82) is 0 Å². The molecular weight excluding hydrogens is 362 g/mol. The van der Waals surface area contributed by atoms with Crippen LogP contribution in [0.5, 0.6) is 0 Å². The molecule has 2 aliphatic rings. The molecule has 5 rings (SSSR count). The minimum absolute atomic E-state index is 0.0994. The lowest BCUT2D eigenvalue weighted by Crippen LogP contribution is -2.46. The van der Waals surface area contributed by atoms with E-state index in [1.54, 1.807) is 4.57 Å². The maximum Gasteiger partial charge on any atom is 0.346 e. The van der Waals surface area contributed by atoms with Gasteiger partial charge in [-0.15, -0.1) is 0 Å². The maximum absolute atomic E-state index is 12.7. The second-order valence-corrected chi connectivity index (χ2v) is 7.31. The van der Waals surface area contributed by atoms with E-state index in [4.69, 9.17) is 13.9 Å². The molecule has 1 fully saturated rings. The number of aromatic nitrogens is 4. The van der Waals surface area contributed by atoms with E-state index in [2.05, 4.69) is 15.0 Å². The highest BCUT2D eigenvalue weighted by Gasteiger charge is 2.44. The highest BCUT2D eigenvalue weighted by molar-refractivity contribution is 5.74. The molecule has 0 bridgehead atoms. The van der Waals surface area contributed by atoms with E-state index in [1.165, 1.54) is 4.68 Å². The summed E-state index contributed by atoms with van der Waals surface area (Å²) in [7, 11) is 0. The summed E-state index contributed by atoms with van der Waals surface area (Å²) >= 11 is 0. The molecule has 4 heterocycles. The fraction of sp³-hybridized carbons (Fsp3) is 0.526. The van der Waals surface area contributed by atoms with Crippen LogP contribution < -0.4 is 10.6 Å². The van der Waals surface area contributed by atoms with Crippen molar-refractivity contribution in [1.82, 2.24) is 19.3 Å². The average Bonchev–Trinajstić information content (AvgIpc) is 3.39. The van der Waals surface area contributed by atoms with Crippen molar-refractivity contribution in [3.8, 4) is 0 Å².